The molecule has 3 aliphatic heterocycles. The topological polar surface area (TPSA) is 109 Å². The van der Waals surface area contributed by atoms with E-state index < -0.39 is 12.2 Å². The Morgan fingerprint density at radius 2 is 1.92 bits per heavy atom. The lowest BCUT2D eigenvalue weighted by Crippen LogP contribution is -2.51. The summed E-state index contributed by atoms with van der Waals surface area (Å²) in [6.07, 6.45) is -2.29. The lowest BCUT2D eigenvalue weighted by Gasteiger charge is -2.38. The van der Waals surface area contributed by atoms with Crippen molar-refractivity contribution in [2.24, 2.45) is 0 Å². The minimum atomic E-state index is -3.72. The van der Waals surface area contributed by atoms with Crippen molar-refractivity contribution in [3.05, 3.63) is 35.7 Å². The molecule has 3 aliphatic rings. The van der Waals surface area contributed by atoms with Gasteiger partial charge in [0.25, 0.3) is 0 Å². The lowest BCUT2D eigenvalue weighted by atomic mass is 9.96. The molecule has 2 amide bonds. The molecule has 1 unspecified atom stereocenters. The van der Waals surface area contributed by atoms with Crippen LogP contribution in [0.1, 0.15) is 43.7 Å². The fraction of sp³-hybridized carbons (Fsp3) is 0.500. The van der Waals surface area contributed by atoms with Crippen LogP contribution in [0.25, 0.3) is 0 Å². The molecule has 2 atom stereocenters. The van der Waals surface area contributed by atoms with Gasteiger partial charge in [0, 0.05) is 44.3 Å². The summed E-state index contributed by atoms with van der Waals surface area (Å²) in [5.74, 6) is -0.0570. The van der Waals surface area contributed by atoms with Gasteiger partial charge in [-0.15, -0.1) is 8.78 Å². The van der Waals surface area contributed by atoms with E-state index in [1.54, 1.807) is 11.0 Å². The van der Waals surface area contributed by atoms with Gasteiger partial charge in [-0.2, -0.15) is 0 Å². The van der Waals surface area contributed by atoms with Gasteiger partial charge in [-0.3, -0.25) is 9.59 Å². The Kier molecular flexibility index (Phi) is 6.15. The highest BCUT2D eigenvalue weighted by molar-refractivity contribution is 6.03. The molecule has 1 aromatic heterocycles. The van der Waals surface area contributed by atoms with E-state index in [0.717, 1.165) is 5.56 Å². The number of ether oxygens (including phenoxy) is 2. The lowest BCUT2D eigenvalue weighted by molar-refractivity contribution is -0.286. The molecule has 2 N–H and O–H groups in total. The molecule has 10 nitrogen and oxygen atoms in total. The van der Waals surface area contributed by atoms with Gasteiger partial charge in [-0.25, -0.2) is 9.97 Å². The molecule has 5 rings (SSSR count). The smallest absolute Gasteiger partial charge is 0.395 e. The molecule has 1 aromatic carbocycles. The molecule has 0 bridgehead atoms. The quantitative estimate of drug-likeness (QED) is 0.620. The summed E-state index contributed by atoms with van der Waals surface area (Å²) >= 11 is 0. The maximum Gasteiger partial charge on any atom is 0.586 e. The maximum absolute atomic E-state index is 13.6. The van der Waals surface area contributed by atoms with Crippen LogP contribution in [-0.2, 0) is 9.59 Å². The zero-order valence-corrected chi connectivity index (χ0v) is 20.3. The van der Waals surface area contributed by atoms with Gasteiger partial charge in [0.1, 0.15) is 18.0 Å². The number of fused-ring (bicyclic) bond motifs is 2. The van der Waals surface area contributed by atoms with Crippen LogP contribution < -0.4 is 25.0 Å². The SMILES string of the molecule is CC(C)NC[C@@H](C(=O)N1CCN(c2ncnc3c2C(C)C(=O)N3)CC1)c1ccc2c(c1)OC(F)(F)O2. The molecule has 0 spiro atoms. The molecule has 1 saturated heterocycles. The first kappa shape index (κ1) is 24.2. The highest BCUT2D eigenvalue weighted by Crippen LogP contribution is 2.42. The second kappa shape index (κ2) is 9.16. The minimum absolute atomic E-state index is 0.0556. The highest BCUT2D eigenvalue weighted by Gasteiger charge is 2.44. The maximum atomic E-state index is 13.6. The zero-order valence-electron chi connectivity index (χ0n) is 20.3. The Bertz CT molecular complexity index is 1190. The summed E-state index contributed by atoms with van der Waals surface area (Å²) in [7, 11) is 0. The fourth-order valence-corrected chi connectivity index (χ4v) is 4.74. The molecule has 12 heteroatoms. The van der Waals surface area contributed by atoms with Crippen molar-refractivity contribution in [3.8, 4) is 11.5 Å². The zero-order chi connectivity index (χ0) is 25.6. The Balaban J connectivity index is 1.32. The third kappa shape index (κ3) is 4.52. The standard InChI is InChI=1S/C24H28F2N6O4/c1-13(2)27-11-16(15-4-5-17-18(10-15)36-24(25,26)35-17)23(34)32-8-6-31(7-9-32)21-19-14(3)22(33)30-20(19)28-12-29-21/h4-5,10,12-14,16,27H,6-9,11H2,1-3H3,(H,28,29,30,33)/t14?,16-/m1/s1. The van der Waals surface area contributed by atoms with Crippen LogP contribution in [0.3, 0.4) is 0 Å². The summed E-state index contributed by atoms with van der Waals surface area (Å²) in [6, 6.07) is 4.62. The van der Waals surface area contributed by atoms with Crippen molar-refractivity contribution in [3.63, 3.8) is 0 Å². The number of nitrogens with zero attached hydrogens (tertiary/aromatic N) is 4. The van der Waals surface area contributed by atoms with E-state index in [1.165, 1.54) is 18.5 Å². The molecule has 1 fully saturated rings. The number of carbonyl (C=O) groups is 2. The van der Waals surface area contributed by atoms with Crippen LogP contribution in [-0.4, -0.2) is 71.7 Å². The van der Waals surface area contributed by atoms with Crippen molar-refractivity contribution in [2.75, 3.05) is 42.9 Å². The average molecular weight is 503 g/mol. The highest BCUT2D eigenvalue weighted by atomic mass is 19.3. The van der Waals surface area contributed by atoms with Crippen LogP contribution in [0.2, 0.25) is 0 Å². The third-order valence-corrected chi connectivity index (χ3v) is 6.68. The fourth-order valence-electron chi connectivity index (χ4n) is 4.74. The van der Waals surface area contributed by atoms with E-state index in [0.29, 0.717) is 49.9 Å². The second-order valence-corrected chi connectivity index (χ2v) is 9.47. The van der Waals surface area contributed by atoms with E-state index in [9.17, 15) is 18.4 Å². The van der Waals surface area contributed by atoms with Gasteiger partial charge in [0.2, 0.25) is 11.8 Å². The van der Waals surface area contributed by atoms with Gasteiger partial charge in [0.15, 0.2) is 11.5 Å². The van der Waals surface area contributed by atoms with Crippen LogP contribution in [0.5, 0.6) is 11.5 Å². The largest absolute Gasteiger partial charge is 0.586 e. The number of nitrogens with one attached hydrogen (secondary N) is 2. The Hall–Kier alpha value is -3.54. The first-order chi connectivity index (χ1) is 17.1. The van der Waals surface area contributed by atoms with Crippen LogP contribution in [0, 0.1) is 0 Å². The van der Waals surface area contributed by atoms with Gasteiger partial charge in [-0.05, 0) is 24.6 Å². The Morgan fingerprint density at radius 1 is 1.19 bits per heavy atom. The predicted octanol–water partition coefficient (Wildman–Crippen LogP) is 2.28. The monoisotopic (exact) mass is 502 g/mol. The van der Waals surface area contributed by atoms with E-state index in [2.05, 4.69) is 35.0 Å². The number of amides is 2. The number of hydrogen-bond acceptors (Lipinski definition) is 8. The normalized spacial score (nSPS) is 20.9. The van der Waals surface area contributed by atoms with Gasteiger partial charge < -0.3 is 29.9 Å². The molecule has 2 aromatic rings. The van der Waals surface area contributed by atoms with Crippen molar-refractivity contribution < 1.29 is 27.8 Å². The first-order valence-corrected chi connectivity index (χ1v) is 12.0. The van der Waals surface area contributed by atoms with E-state index >= 15 is 0 Å². The van der Waals surface area contributed by atoms with Gasteiger partial charge >= 0.3 is 6.29 Å². The number of benzene rings is 1. The number of aromatic nitrogens is 2. The number of piperazine rings is 1. The predicted molar refractivity (Wildman–Crippen MR) is 126 cm³/mol. The van der Waals surface area contributed by atoms with Crippen LogP contribution in [0.15, 0.2) is 24.5 Å². The number of alkyl halides is 2. The van der Waals surface area contributed by atoms with E-state index in [-0.39, 0.29) is 35.3 Å². The number of halogens is 2. The van der Waals surface area contributed by atoms with E-state index in [4.69, 9.17) is 0 Å². The summed E-state index contributed by atoms with van der Waals surface area (Å²) in [5, 5.41) is 6.06. The molecular weight excluding hydrogens is 474 g/mol. The molecule has 0 aliphatic carbocycles. The van der Waals surface area contributed by atoms with Crippen molar-refractivity contribution in [2.45, 2.75) is 44.9 Å². The molecule has 0 saturated carbocycles. The van der Waals surface area contributed by atoms with Crippen LogP contribution in [0.4, 0.5) is 20.4 Å². The number of rotatable bonds is 6. The molecule has 4 heterocycles. The molecular formula is C24H28F2N6O4. The average Bonchev–Trinajstić information content (AvgIpc) is 3.32. The van der Waals surface area contributed by atoms with Crippen molar-refractivity contribution in [1.29, 1.82) is 0 Å². The second-order valence-electron chi connectivity index (χ2n) is 9.47. The summed E-state index contributed by atoms with van der Waals surface area (Å²) in [6.45, 7) is 8.09. The molecule has 0 radical (unpaired) electrons. The number of hydrogen-bond donors (Lipinski definition) is 2. The Morgan fingerprint density at radius 3 is 2.64 bits per heavy atom. The van der Waals surface area contributed by atoms with Crippen molar-refractivity contribution >= 4 is 23.5 Å². The summed E-state index contributed by atoms with van der Waals surface area (Å²) in [4.78, 5) is 38.2. The van der Waals surface area contributed by atoms with E-state index in [1.807, 2.05) is 20.8 Å². The number of anilines is 2. The van der Waals surface area contributed by atoms with Gasteiger partial charge in [-0.1, -0.05) is 19.9 Å². The third-order valence-electron chi connectivity index (χ3n) is 6.68. The summed E-state index contributed by atoms with van der Waals surface area (Å²) < 4.78 is 36.1. The van der Waals surface area contributed by atoms with Gasteiger partial charge in [0.05, 0.1) is 11.8 Å². The molecule has 192 valence electrons. The molecule has 36 heavy (non-hydrogen) atoms. The van der Waals surface area contributed by atoms with Crippen LogP contribution >= 0.6 is 0 Å². The minimum Gasteiger partial charge on any atom is -0.395 e. The first-order valence-electron chi connectivity index (χ1n) is 12.0. The van der Waals surface area contributed by atoms with Crippen molar-refractivity contribution in [1.82, 2.24) is 20.2 Å². The Labute approximate surface area is 207 Å². The number of carbonyl (C=O) groups excluding carboxylic acids is 2. The summed E-state index contributed by atoms with van der Waals surface area (Å²) in [5.41, 5.74) is 1.35.